The zero-order valence-corrected chi connectivity index (χ0v) is 16.8. The molecule has 9 heteroatoms. The smallest absolute Gasteiger partial charge is 0.335 e. The molecule has 0 unspecified atom stereocenters. The summed E-state index contributed by atoms with van der Waals surface area (Å²) >= 11 is 0. The van der Waals surface area contributed by atoms with E-state index in [0.717, 1.165) is 0 Å². The Balaban J connectivity index is 2.79. The fourth-order valence-corrected chi connectivity index (χ4v) is 4.08. The molecule has 0 fully saturated rings. The van der Waals surface area contributed by atoms with Crippen molar-refractivity contribution in [2.45, 2.75) is 45.8 Å². The molecule has 1 atom stereocenters. The largest absolute Gasteiger partial charge is 0.368 e. The van der Waals surface area contributed by atoms with E-state index >= 15 is 0 Å². The van der Waals surface area contributed by atoms with Gasteiger partial charge in [-0.25, -0.2) is 0 Å². The summed E-state index contributed by atoms with van der Waals surface area (Å²) in [5.41, 5.74) is 6.29. The normalized spacial score (nSPS) is 12.4. The van der Waals surface area contributed by atoms with Crippen molar-refractivity contribution in [3.8, 4) is 0 Å². The summed E-state index contributed by atoms with van der Waals surface area (Å²) in [6.45, 7) is 5.42. The molecule has 0 bridgehead atoms. The van der Waals surface area contributed by atoms with Gasteiger partial charge in [0.05, 0.1) is 19.4 Å². The van der Waals surface area contributed by atoms with Crippen molar-refractivity contribution in [3.63, 3.8) is 0 Å². The Morgan fingerprint density at radius 3 is 2.11 bits per heavy atom. The monoisotopic (exact) mass is 398 g/mol. The molecule has 0 aliphatic heterocycles. The van der Waals surface area contributed by atoms with E-state index in [1.54, 1.807) is 38.1 Å². The minimum absolute atomic E-state index is 0.0899. The third-order valence-corrected chi connectivity index (χ3v) is 5.73. The second kappa shape index (κ2) is 11.0. The maximum absolute atomic E-state index is 12.5. The van der Waals surface area contributed by atoms with Crippen LogP contribution in [0.2, 0.25) is 0 Å². The van der Waals surface area contributed by atoms with Crippen LogP contribution in [-0.2, 0) is 29.4 Å². The van der Waals surface area contributed by atoms with Gasteiger partial charge in [-0.2, -0.15) is 0 Å². The van der Waals surface area contributed by atoms with E-state index in [2.05, 4.69) is 5.32 Å². The summed E-state index contributed by atoms with van der Waals surface area (Å²) in [5, 5.41) is 2.53. The van der Waals surface area contributed by atoms with Crippen molar-refractivity contribution in [3.05, 3.63) is 35.4 Å². The summed E-state index contributed by atoms with van der Waals surface area (Å²) < 4.78 is 23.0. The van der Waals surface area contributed by atoms with E-state index in [1.165, 1.54) is 6.92 Å². The van der Waals surface area contributed by atoms with Gasteiger partial charge in [-0.3, -0.25) is 14.2 Å². The van der Waals surface area contributed by atoms with E-state index in [1.807, 2.05) is 0 Å². The van der Waals surface area contributed by atoms with Gasteiger partial charge >= 0.3 is 7.60 Å². The van der Waals surface area contributed by atoms with Gasteiger partial charge < -0.3 is 24.9 Å². The second-order valence-corrected chi connectivity index (χ2v) is 8.03. The molecule has 1 aromatic carbocycles. The van der Waals surface area contributed by atoms with E-state index in [4.69, 9.17) is 14.8 Å². The van der Waals surface area contributed by atoms with E-state index < -0.39 is 25.5 Å². The Kier molecular flexibility index (Phi) is 9.35. The maximum Gasteiger partial charge on any atom is 0.335 e. The number of carbonyl (C=O) groups excluding carboxylic acids is 3. The van der Waals surface area contributed by atoms with E-state index in [0.29, 0.717) is 11.1 Å². The van der Waals surface area contributed by atoms with Crippen LogP contribution < -0.4 is 11.1 Å². The van der Waals surface area contributed by atoms with Gasteiger partial charge in [-0.15, -0.1) is 0 Å². The summed E-state index contributed by atoms with van der Waals surface area (Å²) in [6.07, 6.45) is 0.399. The Morgan fingerprint density at radius 1 is 1.11 bits per heavy atom. The standard InChI is InChI=1S/C18H27N2O6P/c1-4-25-27(24,26-5-2)12-14-7-9-15(10-8-14)18(23)20-16(17(19)22)11-6-13(3)21/h7-10,16H,4-6,11-12H2,1-3H3,(H2,19,22)(H,20,23)/t16-/m1/s1. The minimum atomic E-state index is -3.23. The number of Topliss-reactive ketones (excluding diaryl/α,β-unsaturated/α-hetero) is 1. The van der Waals surface area contributed by atoms with Crippen LogP contribution in [0.15, 0.2) is 24.3 Å². The minimum Gasteiger partial charge on any atom is -0.368 e. The number of carbonyl (C=O) groups is 3. The third-order valence-electron chi connectivity index (χ3n) is 3.68. The predicted molar refractivity (Wildman–Crippen MR) is 101 cm³/mol. The molecular formula is C18H27N2O6P. The molecule has 0 heterocycles. The zero-order valence-electron chi connectivity index (χ0n) is 15.9. The summed E-state index contributed by atoms with van der Waals surface area (Å²) in [6, 6.07) is 5.48. The number of primary amides is 1. The van der Waals surface area contributed by atoms with Crippen molar-refractivity contribution in [1.29, 1.82) is 0 Å². The molecule has 2 amide bonds. The van der Waals surface area contributed by atoms with Crippen LogP contribution in [0.3, 0.4) is 0 Å². The molecule has 0 radical (unpaired) electrons. The lowest BCUT2D eigenvalue weighted by Crippen LogP contribution is -2.44. The molecule has 0 spiro atoms. The lowest BCUT2D eigenvalue weighted by atomic mass is 10.1. The molecular weight excluding hydrogens is 371 g/mol. The Hall–Kier alpha value is -2.02. The van der Waals surface area contributed by atoms with Crippen LogP contribution in [0.25, 0.3) is 0 Å². The zero-order chi connectivity index (χ0) is 20.4. The first-order valence-electron chi connectivity index (χ1n) is 8.77. The second-order valence-electron chi connectivity index (χ2n) is 5.97. The summed E-state index contributed by atoms with van der Waals surface area (Å²) in [4.78, 5) is 34.8. The highest BCUT2D eigenvalue weighted by molar-refractivity contribution is 7.53. The molecule has 3 N–H and O–H groups in total. The molecule has 0 saturated heterocycles. The summed E-state index contributed by atoms with van der Waals surface area (Å²) in [7, 11) is -3.23. The van der Waals surface area contributed by atoms with Crippen LogP contribution in [-0.4, -0.2) is 36.9 Å². The molecule has 0 aliphatic rings. The van der Waals surface area contributed by atoms with Gasteiger partial charge in [0.15, 0.2) is 0 Å². The van der Waals surface area contributed by atoms with Gasteiger partial charge in [0.2, 0.25) is 5.91 Å². The van der Waals surface area contributed by atoms with Gasteiger partial charge in [0, 0.05) is 12.0 Å². The van der Waals surface area contributed by atoms with Gasteiger partial charge in [-0.1, -0.05) is 12.1 Å². The SMILES string of the molecule is CCOP(=O)(Cc1ccc(C(=O)N[C@H](CCC(C)=O)C(N)=O)cc1)OCC. The predicted octanol–water partition coefficient (Wildman–Crippen LogP) is 2.41. The first-order chi connectivity index (χ1) is 12.7. The lowest BCUT2D eigenvalue weighted by Gasteiger charge is -2.17. The molecule has 8 nitrogen and oxygen atoms in total. The fourth-order valence-electron chi connectivity index (χ4n) is 2.38. The molecule has 0 aromatic heterocycles. The van der Waals surface area contributed by atoms with Crippen LogP contribution in [0.1, 0.15) is 49.5 Å². The van der Waals surface area contributed by atoms with Crippen LogP contribution in [0.5, 0.6) is 0 Å². The van der Waals surface area contributed by atoms with Crippen LogP contribution >= 0.6 is 7.60 Å². The first-order valence-corrected chi connectivity index (χ1v) is 10.5. The molecule has 1 aromatic rings. The number of nitrogens with two attached hydrogens (primary N) is 1. The average Bonchev–Trinajstić information content (AvgIpc) is 2.58. The van der Waals surface area contributed by atoms with E-state index in [-0.39, 0.29) is 38.0 Å². The number of ketones is 1. The quantitative estimate of drug-likeness (QED) is 0.521. The molecule has 150 valence electrons. The average molecular weight is 398 g/mol. The Labute approximate surface area is 159 Å². The highest BCUT2D eigenvalue weighted by Crippen LogP contribution is 2.51. The lowest BCUT2D eigenvalue weighted by molar-refractivity contribution is -0.120. The third kappa shape index (κ3) is 8.03. The van der Waals surface area contributed by atoms with Crippen LogP contribution in [0.4, 0.5) is 0 Å². The van der Waals surface area contributed by atoms with Gasteiger partial charge in [0.25, 0.3) is 5.91 Å². The number of rotatable bonds is 12. The van der Waals surface area contributed by atoms with Gasteiger partial charge in [0.1, 0.15) is 11.8 Å². The van der Waals surface area contributed by atoms with Crippen molar-refractivity contribution >= 4 is 25.2 Å². The fraction of sp³-hybridized carbons (Fsp3) is 0.500. The molecule has 1 rings (SSSR count). The van der Waals surface area contributed by atoms with Gasteiger partial charge in [-0.05, 0) is 44.9 Å². The van der Waals surface area contributed by atoms with Crippen molar-refractivity contribution in [2.75, 3.05) is 13.2 Å². The van der Waals surface area contributed by atoms with Crippen molar-refractivity contribution in [2.24, 2.45) is 5.73 Å². The molecule has 27 heavy (non-hydrogen) atoms. The number of nitrogens with one attached hydrogen (secondary N) is 1. The Morgan fingerprint density at radius 2 is 1.67 bits per heavy atom. The highest BCUT2D eigenvalue weighted by Gasteiger charge is 2.24. The van der Waals surface area contributed by atoms with Crippen molar-refractivity contribution in [1.82, 2.24) is 5.32 Å². The number of amides is 2. The molecule has 0 aliphatic carbocycles. The summed E-state index contributed by atoms with van der Waals surface area (Å²) in [5.74, 6) is -1.27. The van der Waals surface area contributed by atoms with Crippen molar-refractivity contribution < 1.29 is 28.0 Å². The highest BCUT2D eigenvalue weighted by atomic mass is 31.2. The number of hydrogen-bond acceptors (Lipinski definition) is 6. The Bertz CT molecular complexity index is 694. The van der Waals surface area contributed by atoms with E-state index in [9.17, 15) is 18.9 Å². The van der Waals surface area contributed by atoms with Crippen LogP contribution in [0, 0.1) is 0 Å². The molecule has 0 saturated carbocycles. The number of benzene rings is 1. The topological polar surface area (TPSA) is 125 Å². The number of hydrogen-bond donors (Lipinski definition) is 2. The first kappa shape index (κ1) is 23.0. The maximum atomic E-state index is 12.5.